The van der Waals surface area contributed by atoms with Gasteiger partial charge in [0.1, 0.15) is 5.78 Å². The Balaban J connectivity index is 2.16. The van der Waals surface area contributed by atoms with Gasteiger partial charge in [0.15, 0.2) is 0 Å². The number of carboxylic acid groups (broad SMARTS) is 1. The third kappa shape index (κ3) is 1.78. The molecule has 0 spiro atoms. The zero-order valence-corrected chi connectivity index (χ0v) is 8.70. The van der Waals surface area contributed by atoms with Crippen LogP contribution in [0.2, 0.25) is 0 Å². The van der Waals surface area contributed by atoms with E-state index in [1.54, 1.807) is 0 Å². The Morgan fingerprint density at radius 3 is 2.53 bits per heavy atom. The highest BCUT2D eigenvalue weighted by Gasteiger charge is 2.48. The largest absolute Gasteiger partial charge is 0.481 e. The maximum atomic E-state index is 11.4. The summed E-state index contributed by atoms with van der Waals surface area (Å²) < 4.78 is 5.26. The fourth-order valence-electron chi connectivity index (χ4n) is 2.74. The minimum absolute atomic E-state index is 0.100. The van der Waals surface area contributed by atoms with Crippen molar-refractivity contribution < 1.29 is 19.4 Å². The van der Waals surface area contributed by atoms with Crippen LogP contribution in [0.5, 0.6) is 0 Å². The molecule has 0 aromatic rings. The van der Waals surface area contributed by atoms with E-state index in [1.807, 2.05) is 0 Å². The first-order valence-corrected chi connectivity index (χ1v) is 5.48. The number of carbonyl (C=O) groups is 2. The molecule has 4 heteroatoms. The molecule has 2 rings (SSSR count). The lowest BCUT2D eigenvalue weighted by Crippen LogP contribution is -2.42. The van der Waals surface area contributed by atoms with Crippen LogP contribution in [-0.2, 0) is 14.3 Å². The fraction of sp³-hybridized carbons (Fsp3) is 0.818. The number of ketones is 1. The van der Waals surface area contributed by atoms with Crippen molar-refractivity contribution in [3.05, 3.63) is 0 Å². The molecule has 4 nitrogen and oxygen atoms in total. The van der Waals surface area contributed by atoms with Crippen molar-refractivity contribution in [3.63, 3.8) is 0 Å². The van der Waals surface area contributed by atoms with Crippen molar-refractivity contribution in [2.24, 2.45) is 11.3 Å². The maximum Gasteiger partial charge on any atom is 0.310 e. The first kappa shape index (κ1) is 10.6. The summed E-state index contributed by atoms with van der Waals surface area (Å²) in [6.07, 6.45) is 2.65. The van der Waals surface area contributed by atoms with E-state index in [4.69, 9.17) is 4.74 Å². The average Bonchev–Trinajstić information content (AvgIpc) is 2.72. The highest BCUT2D eigenvalue weighted by molar-refractivity contribution is 5.84. The number of aliphatic carboxylic acids is 1. The molecule has 2 fully saturated rings. The lowest BCUT2D eigenvalue weighted by molar-refractivity contribution is -0.156. The number of hydrogen-bond acceptors (Lipinski definition) is 3. The van der Waals surface area contributed by atoms with Crippen LogP contribution in [0, 0.1) is 11.3 Å². The minimum Gasteiger partial charge on any atom is -0.481 e. The third-order valence-corrected chi connectivity index (χ3v) is 3.84. The second-order valence-electron chi connectivity index (χ2n) is 4.56. The molecule has 15 heavy (non-hydrogen) atoms. The maximum absolute atomic E-state index is 11.4. The van der Waals surface area contributed by atoms with Crippen molar-refractivity contribution in [1.29, 1.82) is 0 Å². The summed E-state index contributed by atoms with van der Waals surface area (Å²) in [4.78, 5) is 22.6. The molecule has 0 bridgehead atoms. The molecule has 1 saturated carbocycles. The molecule has 1 aliphatic heterocycles. The number of hydrogen-bond donors (Lipinski definition) is 1. The van der Waals surface area contributed by atoms with Crippen molar-refractivity contribution in [2.45, 2.75) is 32.1 Å². The van der Waals surface area contributed by atoms with Gasteiger partial charge < -0.3 is 9.84 Å². The van der Waals surface area contributed by atoms with E-state index >= 15 is 0 Å². The van der Waals surface area contributed by atoms with Crippen molar-refractivity contribution in [1.82, 2.24) is 0 Å². The Bertz CT molecular complexity index is 268. The minimum atomic E-state index is -0.745. The molecule has 1 unspecified atom stereocenters. The number of carbonyl (C=O) groups excluding carboxylic acids is 1. The molecule has 0 radical (unpaired) electrons. The van der Waals surface area contributed by atoms with E-state index in [0.717, 1.165) is 6.42 Å². The lowest BCUT2D eigenvalue weighted by atomic mass is 9.65. The van der Waals surface area contributed by atoms with E-state index in [1.165, 1.54) is 0 Å². The highest BCUT2D eigenvalue weighted by Crippen LogP contribution is 2.45. The summed E-state index contributed by atoms with van der Waals surface area (Å²) in [6.45, 7) is 1.20. The predicted molar refractivity (Wildman–Crippen MR) is 52.5 cm³/mol. The van der Waals surface area contributed by atoms with Crippen molar-refractivity contribution in [3.8, 4) is 0 Å². The van der Waals surface area contributed by atoms with E-state index in [0.29, 0.717) is 38.9 Å². The van der Waals surface area contributed by atoms with Crippen molar-refractivity contribution in [2.75, 3.05) is 13.2 Å². The Morgan fingerprint density at radius 1 is 1.40 bits per heavy atom. The SMILES string of the molecule is O=C1CCC(C(=O)O)(C2CCOC2)CC1. The molecule has 1 N–H and O–H groups in total. The summed E-state index contributed by atoms with van der Waals surface area (Å²) in [5.74, 6) is -0.445. The molecule has 1 saturated heterocycles. The van der Waals surface area contributed by atoms with Gasteiger partial charge in [-0.1, -0.05) is 0 Å². The zero-order chi connectivity index (χ0) is 10.9. The molecule has 0 aromatic heterocycles. The Hall–Kier alpha value is -0.900. The van der Waals surface area contributed by atoms with Crippen LogP contribution in [0.25, 0.3) is 0 Å². The summed E-state index contributed by atoms with van der Waals surface area (Å²) in [5, 5.41) is 9.37. The monoisotopic (exact) mass is 212 g/mol. The molecular formula is C11H16O4. The van der Waals surface area contributed by atoms with Gasteiger partial charge in [-0.05, 0) is 19.3 Å². The van der Waals surface area contributed by atoms with Crippen LogP contribution < -0.4 is 0 Å². The van der Waals surface area contributed by atoms with Crippen LogP contribution in [0.15, 0.2) is 0 Å². The van der Waals surface area contributed by atoms with Crippen LogP contribution >= 0.6 is 0 Å². The highest BCUT2D eigenvalue weighted by atomic mass is 16.5. The number of ether oxygens (including phenoxy) is 1. The zero-order valence-electron chi connectivity index (χ0n) is 8.70. The normalized spacial score (nSPS) is 30.4. The van der Waals surface area contributed by atoms with E-state index in [2.05, 4.69) is 0 Å². The van der Waals surface area contributed by atoms with Gasteiger partial charge in [0.05, 0.1) is 12.0 Å². The van der Waals surface area contributed by atoms with Crippen LogP contribution in [-0.4, -0.2) is 30.1 Å². The second kappa shape index (κ2) is 3.93. The van der Waals surface area contributed by atoms with E-state index in [9.17, 15) is 14.7 Å². The van der Waals surface area contributed by atoms with Crippen LogP contribution in [0.1, 0.15) is 32.1 Å². The molecule has 2 aliphatic rings. The average molecular weight is 212 g/mol. The van der Waals surface area contributed by atoms with E-state index in [-0.39, 0.29) is 11.7 Å². The van der Waals surface area contributed by atoms with Crippen molar-refractivity contribution >= 4 is 11.8 Å². The first-order valence-electron chi connectivity index (χ1n) is 5.48. The van der Waals surface area contributed by atoms with Gasteiger partial charge in [0.25, 0.3) is 0 Å². The summed E-state index contributed by atoms with van der Waals surface area (Å²) in [5.41, 5.74) is -0.690. The lowest BCUT2D eigenvalue weighted by Gasteiger charge is -2.37. The molecule has 1 heterocycles. The quantitative estimate of drug-likeness (QED) is 0.748. The number of carboxylic acids is 1. The first-order chi connectivity index (χ1) is 7.15. The molecule has 1 atom stereocenters. The summed E-state index contributed by atoms with van der Waals surface area (Å²) >= 11 is 0. The Morgan fingerprint density at radius 2 is 2.07 bits per heavy atom. The number of Topliss-reactive ketones (excluding diaryl/α,β-unsaturated/α-hetero) is 1. The standard InChI is InChI=1S/C11H16O4/c12-9-1-4-11(5-2-9,10(13)14)8-3-6-15-7-8/h8H,1-7H2,(H,13,14). The van der Waals surface area contributed by atoms with Crippen LogP contribution in [0.3, 0.4) is 0 Å². The summed E-state index contributed by atoms with van der Waals surface area (Å²) in [7, 11) is 0. The molecule has 84 valence electrons. The Labute approximate surface area is 88.6 Å². The topological polar surface area (TPSA) is 63.6 Å². The summed E-state index contributed by atoms with van der Waals surface area (Å²) in [6, 6.07) is 0. The van der Waals surface area contributed by atoms with E-state index < -0.39 is 11.4 Å². The van der Waals surface area contributed by atoms with Crippen LogP contribution in [0.4, 0.5) is 0 Å². The Kier molecular flexibility index (Phi) is 2.78. The molecular weight excluding hydrogens is 196 g/mol. The molecule has 1 aliphatic carbocycles. The fourth-order valence-corrected chi connectivity index (χ4v) is 2.74. The molecule has 0 aromatic carbocycles. The predicted octanol–water partition coefficient (Wildman–Crippen LogP) is 1.24. The van der Waals surface area contributed by atoms with Gasteiger partial charge in [0.2, 0.25) is 0 Å². The second-order valence-corrected chi connectivity index (χ2v) is 4.56. The van der Waals surface area contributed by atoms with Gasteiger partial charge in [0, 0.05) is 25.4 Å². The van der Waals surface area contributed by atoms with Gasteiger partial charge >= 0.3 is 5.97 Å². The smallest absolute Gasteiger partial charge is 0.310 e. The van der Waals surface area contributed by atoms with Gasteiger partial charge in [-0.2, -0.15) is 0 Å². The number of rotatable bonds is 2. The third-order valence-electron chi connectivity index (χ3n) is 3.84. The van der Waals surface area contributed by atoms with Gasteiger partial charge in [-0.3, -0.25) is 9.59 Å². The van der Waals surface area contributed by atoms with Gasteiger partial charge in [-0.15, -0.1) is 0 Å². The van der Waals surface area contributed by atoms with Gasteiger partial charge in [-0.25, -0.2) is 0 Å². The molecule has 0 amide bonds.